The van der Waals surface area contributed by atoms with Crippen molar-refractivity contribution in [3.05, 3.63) is 28.8 Å². The van der Waals surface area contributed by atoms with Crippen LogP contribution in [0.1, 0.15) is 23.5 Å². The van der Waals surface area contributed by atoms with Crippen molar-refractivity contribution in [1.29, 1.82) is 0 Å². The molecule has 1 aliphatic rings. The lowest BCUT2D eigenvalue weighted by molar-refractivity contribution is -0.119. The molecule has 0 bridgehead atoms. The van der Waals surface area contributed by atoms with E-state index in [2.05, 4.69) is 10.5 Å². The molecule has 0 unspecified atom stereocenters. The van der Waals surface area contributed by atoms with Gasteiger partial charge in [-0.15, -0.1) is 11.3 Å². The van der Waals surface area contributed by atoms with E-state index in [1.807, 2.05) is 6.92 Å². The predicted octanol–water partition coefficient (Wildman–Crippen LogP) is 2.14. The maximum absolute atomic E-state index is 12.7. The topological polar surface area (TPSA) is 92.5 Å². The predicted molar refractivity (Wildman–Crippen MR) is 85.8 cm³/mol. The van der Waals surface area contributed by atoms with Crippen molar-refractivity contribution in [2.24, 2.45) is 0 Å². The van der Waals surface area contributed by atoms with Gasteiger partial charge in [0, 0.05) is 17.5 Å². The smallest absolute Gasteiger partial charge is 0.253 e. The highest BCUT2D eigenvalue weighted by Gasteiger charge is 2.40. The number of nitrogens with one attached hydrogen (secondary N) is 1. The highest BCUT2D eigenvalue weighted by atomic mass is 32.2. The number of aryl methyl sites for hydroxylation is 2. The van der Waals surface area contributed by atoms with Crippen molar-refractivity contribution in [3.63, 3.8) is 0 Å². The second kappa shape index (κ2) is 6.06. The molecule has 1 aliphatic heterocycles. The van der Waals surface area contributed by atoms with E-state index in [1.54, 1.807) is 25.1 Å². The summed E-state index contributed by atoms with van der Waals surface area (Å²) < 4.78 is 31.9. The average molecular weight is 355 g/mol. The van der Waals surface area contributed by atoms with Crippen molar-refractivity contribution in [1.82, 2.24) is 9.46 Å². The Morgan fingerprint density at radius 2 is 2.22 bits per heavy atom. The van der Waals surface area contributed by atoms with Crippen LogP contribution in [0, 0.1) is 13.8 Å². The molecule has 9 heteroatoms. The van der Waals surface area contributed by atoms with Crippen molar-refractivity contribution in [3.8, 4) is 0 Å². The minimum atomic E-state index is -3.65. The Hall–Kier alpha value is -1.71. The Morgan fingerprint density at radius 3 is 2.83 bits per heavy atom. The Bertz CT molecular complexity index is 825. The first-order valence-electron chi connectivity index (χ1n) is 7.20. The Morgan fingerprint density at radius 1 is 1.43 bits per heavy atom. The fourth-order valence-electron chi connectivity index (χ4n) is 2.59. The molecule has 1 atom stereocenters. The average Bonchev–Trinajstić information content (AvgIpc) is 3.19. The van der Waals surface area contributed by atoms with Gasteiger partial charge >= 0.3 is 0 Å². The van der Waals surface area contributed by atoms with Crippen LogP contribution in [0.4, 0.5) is 5.82 Å². The molecule has 1 amide bonds. The monoisotopic (exact) mass is 355 g/mol. The van der Waals surface area contributed by atoms with Crippen LogP contribution in [0.3, 0.4) is 0 Å². The summed E-state index contributed by atoms with van der Waals surface area (Å²) in [5.74, 6) is 0.488. The maximum Gasteiger partial charge on any atom is 0.253 e. The zero-order chi connectivity index (χ0) is 16.6. The molecule has 7 nitrogen and oxygen atoms in total. The largest absolute Gasteiger partial charge is 0.360 e. The van der Waals surface area contributed by atoms with Gasteiger partial charge in [0.25, 0.3) is 10.0 Å². The fourth-order valence-corrected chi connectivity index (χ4v) is 5.66. The van der Waals surface area contributed by atoms with Gasteiger partial charge in [0.15, 0.2) is 5.82 Å². The molecule has 1 N–H and O–H groups in total. The summed E-state index contributed by atoms with van der Waals surface area (Å²) in [6.45, 7) is 3.91. The van der Waals surface area contributed by atoms with E-state index in [-0.39, 0.29) is 10.1 Å². The van der Waals surface area contributed by atoms with Gasteiger partial charge in [-0.05, 0) is 38.8 Å². The van der Waals surface area contributed by atoms with Crippen LogP contribution in [0.2, 0.25) is 0 Å². The molecule has 0 aliphatic carbocycles. The SMILES string of the molecule is Cc1cc(NC(=O)[C@@H]2CCCN2S(=O)(=O)c2ccc(C)s2)no1. The number of sulfonamides is 1. The van der Waals surface area contributed by atoms with Gasteiger partial charge < -0.3 is 9.84 Å². The Labute approximate surface area is 138 Å². The van der Waals surface area contributed by atoms with E-state index in [1.165, 1.54) is 15.6 Å². The normalized spacial score (nSPS) is 19.1. The van der Waals surface area contributed by atoms with Crippen LogP contribution in [0.15, 0.2) is 26.9 Å². The lowest BCUT2D eigenvalue weighted by atomic mass is 10.2. The van der Waals surface area contributed by atoms with Crippen LogP contribution in [0.5, 0.6) is 0 Å². The van der Waals surface area contributed by atoms with Gasteiger partial charge in [-0.25, -0.2) is 8.42 Å². The lowest BCUT2D eigenvalue weighted by Gasteiger charge is -2.22. The van der Waals surface area contributed by atoms with Crippen LogP contribution < -0.4 is 5.32 Å². The zero-order valence-electron chi connectivity index (χ0n) is 12.8. The third-order valence-corrected chi connectivity index (χ3v) is 7.04. The highest BCUT2D eigenvalue weighted by molar-refractivity contribution is 7.91. The van der Waals surface area contributed by atoms with Gasteiger partial charge in [0.1, 0.15) is 16.0 Å². The van der Waals surface area contributed by atoms with E-state index in [0.29, 0.717) is 31.0 Å². The molecule has 2 aromatic rings. The number of carbonyl (C=O) groups excluding carboxylic acids is 1. The van der Waals surface area contributed by atoms with Gasteiger partial charge in [-0.2, -0.15) is 4.31 Å². The standard InChI is InChI=1S/C14H17N3O4S2/c1-9-8-12(16-21-9)15-14(18)11-4-3-7-17(11)23(19,20)13-6-5-10(2)22-13/h5-6,8,11H,3-4,7H2,1-2H3,(H,15,16,18)/t11-/m0/s1. The number of anilines is 1. The quantitative estimate of drug-likeness (QED) is 0.907. The number of hydrogen-bond donors (Lipinski definition) is 1. The molecule has 1 saturated heterocycles. The van der Waals surface area contributed by atoms with E-state index < -0.39 is 16.1 Å². The molecule has 3 rings (SSSR count). The first-order chi connectivity index (χ1) is 10.9. The molecule has 0 radical (unpaired) electrons. The van der Waals surface area contributed by atoms with Crippen LogP contribution in [-0.4, -0.2) is 36.4 Å². The highest BCUT2D eigenvalue weighted by Crippen LogP contribution is 2.30. The molecule has 0 spiro atoms. The third kappa shape index (κ3) is 3.17. The van der Waals surface area contributed by atoms with Gasteiger partial charge in [0.2, 0.25) is 5.91 Å². The van der Waals surface area contributed by atoms with Crippen molar-refractivity contribution in [2.45, 2.75) is 36.9 Å². The van der Waals surface area contributed by atoms with Crippen LogP contribution >= 0.6 is 11.3 Å². The summed E-state index contributed by atoms with van der Waals surface area (Å²) >= 11 is 1.21. The summed E-state index contributed by atoms with van der Waals surface area (Å²) in [6, 6.07) is 4.22. The number of nitrogens with zero attached hydrogens (tertiary/aromatic N) is 2. The van der Waals surface area contributed by atoms with Gasteiger partial charge in [0.05, 0.1) is 0 Å². The minimum absolute atomic E-state index is 0.270. The summed E-state index contributed by atoms with van der Waals surface area (Å²) in [5.41, 5.74) is 0. The van der Waals surface area contributed by atoms with Gasteiger partial charge in [-0.3, -0.25) is 4.79 Å². The first kappa shape index (κ1) is 16.2. The second-order valence-electron chi connectivity index (χ2n) is 5.45. The van der Waals surface area contributed by atoms with Crippen LogP contribution in [0.25, 0.3) is 0 Å². The molecule has 0 saturated carbocycles. The van der Waals surface area contributed by atoms with Crippen molar-refractivity contribution >= 4 is 33.1 Å². The number of hydrogen-bond acceptors (Lipinski definition) is 6. The maximum atomic E-state index is 12.7. The van der Waals surface area contributed by atoms with Crippen molar-refractivity contribution in [2.75, 3.05) is 11.9 Å². The van der Waals surface area contributed by atoms with Gasteiger partial charge in [-0.1, -0.05) is 5.16 Å². The minimum Gasteiger partial charge on any atom is -0.360 e. The lowest BCUT2D eigenvalue weighted by Crippen LogP contribution is -2.42. The molecule has 1 fully saturated rings. The number of thiophene rings is 1. The second-order valence-corrected chi connectivity index (χ2v) is 8.86. The summed E-state index contributed by atoms with van der Waals surface area (Å²) in [4.78, 5) is 13.3. The molecule has 0 aromatic carbocycles. The van der Waals surface area contributed by atoms with E-state index in [4.69, 9.17) is 4.52 Å². The molecule has 3 heterocycles. The molecular weight excluding hydrogens is 338 g/mol. The first-order valence-corrected chi connectivity index (χ1v) is 9.46. The Kier molecular flexibility index (Phi) is 4.26. The van der Waals surface area contributed by atoms with E-state index >= 15 is 0 Å². The summed E-state index contributed by atoms with van der Waals surface area (Å²) in [6.07, 6.45) is 1.14. The number of amides is 1. The Balaban J connectivity index is 1.81. The summed E-state index contributed by atoms with van der Waals surface area (Å²) in [7, 11) is -3.65. The van der Waals surface area contributed by atoms with Crippen molar-refractivity contribution < 1.29 is 17.7 Å². The van der Waals surface area contributed by atoms with E-state index in [9.17, 15) is 13.2 Å². The molecule has 23 heavy (non-hydrogen) atoms. The fraction of sp³-hybridized carbons (Fsp3) is 0.429. The van der Waals surface area contributed by atoms with Crippen LogP contribution in [-0.2, 0) is 14.8 Å². The molecule has 124 valence electrons. The molecule has 2 aromatic heterocycles. The zero-order valence-corrected chi connectivity index (χ0v) is 14.4. The molecular formula is C14H17N3O4S2. The summed E-state index contributed by atoms with van der Waals surface area (Å²) in [5, 5.41) is 6.32. The number of carbonyl (C=O) groups is 1. The number of aromatic nitrogens is 1. The van der Waals surface area contributed by atoms with E-state index in [0.717, 1.165) is 4.88 Å². The number of rotatable bonds is 4. The third-order valence-electron chi connectivity index (χ3n) is 3.66.